The van der Waals surface area contributed by atoms with Gasteiger partial charge in [-0.3, -0.25) is 0 Å². The largest absolute Gasteiger partial charge is 0.490 e. The molecule has 0 saturated heterocycles. The van der Waals surface area contributed by atoms with Crippen LogP contribution in [-0.2, 0) is 0 Å². The summed E-state index contributed by atoms with van der Waals surface area (Å²) in [5.74, 6) is 1.80. The molecule has 0 amide bonds. The van der Waals surface area contributed by atoms with E-state index in [9.17, 15) is 0 Å². The molecule has 2 aromatic rings. The summed E-state index contributed by atoms with van der Waals surface area (Å²) in [4.78, 5) is 1.24. The maximum absolute atomic E-state index is 6.30. The highest BCUT2D eigenvalue weighted by atomic mass is 79.9. The number of nitrogens with two attached hydrogens (primary N) is 1. The third-order valence-electron chi connectivity index (χ3n) is 3.36. The van der Waals surface area contributed by atoms with Crippen LogP contribution < -0.4 is 10.5 Å². The van der Waals surface area contributed by atoms with Crippen LogP contribution in [0.4, 0.5) is 0 Å². The average molecular weight is 364 g/mol. The zero-order valence-electron chi connectivity index (χ0n) is 11.7. The molecule has 2 aromatic carbocycles. The molecular weight excluding hydrogens is 346 g/mol. The molecule has 0 aliphatic heterocycles. The molecule has 0 heterocycles. The Hall–Kier alpha value is -0.970. The van der Waals surface area contributed by atoms with Crippen LogP contribution in [0.25, 0.3) is 0 Å². The van der Waals surface area contributed by atoms with Gasteiger partial charge in [0.05, 0.1) is 6.10 Å². The molecule has 1 unspecified atom stereocenters. The highest BCUT2D eigenvalue weighted by Crippen LogP contribution is 2.29. The molecule has 0 radical (unpaired) electrons. The Morgan fingerprint density at radius 1 is 1.19 bits per heavy atom. The van der Waals surface area contributed by atoms with Crippen molar-refractivity contribution in [2.75, 3.05) is 5.75 Å². The summed E-state index contributed by atoms with van der Waals surface area (Å²) in [7, 11) is 0. The Balaban J connectivity index is 1.58. The van der Waals surface area contributed by atoms with E-state index in [1.165, 1.54) is 17.7 Å². The first kappa shape index (κ1) is 14.9. The van der Waals surface area contributed by atoms with Gasteiger partial charge in [-0.1, -0.05) is 28.1 Å². The Morgan fingerprint density at radius 2 is 1.95 bits per heavy atom. The van der Waals surface area contributed by atoms with Crippen LogP contribution in [0.3, 0.4) is 0 Å². The van der Waals surface area contributed by atoms with Crippen molar-refractivity contribution >= 4 is 27.7 Å². The predicted molar refractivity (Wildman–Crippen MR) is 91.9 cm³/mol. The molecule has 1 atom stereocenters. The Bertz CT molecular complexity index is 598. The van der Waals surface area contributed by atoms with E-state index in [1.807, 2.05) is 12.1 Å². The predicted octanol–water partition coefficient (Wildman–Crippen LogP) is 4.78. The molecule has 1 aliphatic carbocycles. The summed E-state index contributed by atoms with van der Waals surface area (Å²) < 4.78 is 6.92. The smallest absolute Gasteiger partial charge is 0.120 e. The van der Waals surface area contributed by atoms with Gasteiger partial charge in [0.2, 0.25) is 0 Å². The molecule has 0 bridgehead atoms. The maximum Gasteiger partial charge on any atom is 0.120 e. The Kier molecular flexibility index (Phi) is 4.88. The third kappa shape index (κ3) is 4.50. The van der Waals surface area contributed by atoms with Gasteiger partial charge in [-0.2, -0.15) is 0 Å². The van der Waals surface area contributed by atoms with E-state index >= 15 is 0 Å². The molecule has 0 spiro atoms. The second kappa shape index (κ2) is 6.86. The number of hydrogen-bond donors (Lipinski definition) is 1. The van der Waals surface area contributed by atoms with Crippen molar-refractivity contribution in [3.05, 3.63) is 58.6 Å². The van der Waals surface area contributed by atoms with Crippen molar-refractivity contribution in [2.24, 2.45) is 5.73 Å². The van der Waals surface area contributed by atoms with Gasteiger partial charge in [0.1, 0.15) is 5.75 Å². The van der Waals surface area contributed by atoms with Gasteiger partial charge in [-0.15, -0.1) is 11.8 Å². The lowest BCUT2D eigenvalue weighted by molar-refractivity contribution is 0.303. The van der Waals surface area contributed by atoms with Gasteiger partial charge < -0.3 is 10.5 Å². The molecule has 110 valence electrons. The molecule has 0 aromatic heterocycles. The summed E-state index contributed by atoms with van der Waals surface area (Å²) in [5.41, 5.74) is 7.44. The van der Waals surface area contributed by atoms with Crippen molar-refractivity contribution in [1.29, 1.82) is 0 Å². The van der Waals surface area contributed by atoms with E-state index < -0.39 is 0 Å². The fourth-order valence-corrected chi connectivity index (χ4v) is 3.17. The lowest BCUT2D eigenvalue weighted by Crippen LogP contribution is -2.13. The van der Waals surface area contributed by atoms with E-state index in [4.69, 9.17) is 10.5 Å². The van der Waals surface area contributed by atoms with Crippen molar-refractivity contribution in [3.8, 4) is 5.75 Å². The van der Waals surface area contributed by atoms with E-state index in [-0.39, 0.29) is 6.04 Å². The standard InChI is InChI=1S/C17H18BrNOS/c18-13-4-8-16(9-5-13)21-11-17(19)12-2-1-3-15(10-12)20-14-6-7-14/h1-5,8-10,14,17H,6-7,11,19H2. The first-order chi connectivity index (χ1) is 10.2. The average Bonchev–Trinajstić information content (AvgIpc) is 3.30. The fraction of sp³-hybridized carbons (Fsp3) is 0.294. The quantitative estimate of drug-likeness (QED) is 0.749. The van der Waals surface area contributed by atoms with Crippen molar-refractivity contribution in [1.82, 2.24) is 0 Å². The van der Waals surface area contributed by atoms with Gasteiger partial charge >= 0.3 is 0 Å². The molecule has 1 saturated carbocycles. The van der Waals surface area contributed by atoms with Crippen LogP contribution in [0.5, 0.6) is 5.75 Å². The molecule has 1 aliphatic rings. The minimum atomic E-state index is 0.0152. The first-order valence-electron chi connectivity index (χ1n) is 7.11. The second-order valence-corrected chi connectivity index (χ2v) is 7.27. The molecule has 1 fully saturated rings. The number of thioether (sulfide) groups is 1. The lowest BCUT2D eigenvalue weighted by atomic mass is 10.1. The monoisotopic (exact) mass is 363 g/mol. The number of benzene rings is 2. The molecule has 2 nitrogen and oxygen atoms in total. The van der Waals surface area contributed by atoms with E-state index in [0.717, 1.165) is 21.5 Å². The summed E-state index contributed by atoms with van der Waals surface area (Å²) in [6.45, 7) is 0. The van der Waals surface area contributed by atoms with Crippen molar-refractivity contribution < 1.29 is 4.74 Å². The molecule has 3 rings (SSSR count). The Morgan fingerprint density at radius 3 is 2.67 bits per heavy atom. The summed E-state index contributed by atoms with van der Waals surface area (Å²) in [6.07, 6.45) is 2.78. The molecule has 4 heteroatoms. The minimum Gasteiger partial charge on any atom is -0.490 e. The first-order valence-corrected chi connectivity index (χ1v) is 8.89. The second-order valence-electron chi connectivity index (χ2n) is 5.26. The summed E-state index contributed by atoms with van der Waals surface area (Å²) >= 11 is 5.22. The highest BCUT2D eigenvalue weighted by molar-refractivity contribution is 9.10. The van der Waals surface area contributed by atoms with Crippen LogP contribution in [0.2, 0.25) is 0 Å². The normalized spacial score (nSPS) is 15.7. The van der Waals surface area contributed by atoms with Gasteiger partial charge in [-0.05, 0) is 54.8 Å². The molecule has 2 N–H and O–H groups in total. The zero-order chi connectivity index (χ0) is 14.7. The topological polar surface area (TPSA) is 35.2 Å². The number of halogens is 1. The maximum atomic E-state index is 6.30. The molecular formula is C17H18BrNOS. The van der Waals surface area contributed by atoms with Crippen LogP contribution in [0.1, 0.15) is 24.4 Å². The third-order valence-corrected chi connectivity index (χ3v) is 5.02. The Labute approximate surface area is 138 Å². The van der Waals surface area contributed by atoms with E-state index in [2.05, 4.69) is 52.3 Å². The minimum absolute atomic E-state index is 0.0152. The fourth-order valence-electron chi connectivity index (χ4n) is 2.01. The number of rotatable bonds is 6. The van der Waals surface area contributed by atoms with Crippen LogP contribution in [0, 0.1) is 0 Å². The van der Waals surface area contributed by atoms with E-state index in [1.54, 1.807) is 11.8 Å². The van der Waals surface area contributed by atoms with Gasteiger partial charge in [0.15, 0.2) is 0 Å². The van der Waals surface area contributed by atoms with Gasteiger partial charge in [0.25, 0.3) is 0 Å². The molecule has 21 heavy (non-hydrogen) atoms. The van der Waals surface area contributed by atoms with Crippen LogP contribution >= 0.6 is 27.7 Å². The van der Waals surface area contributed by atoms with Gasteiger partial charge in [0, 0.05) is 21.2 Å². The van der Waals surface area contributed by atoms with Gasteiger partial charge in [-0.25, -0.2) is 0 Å². The lowest BCUT2D eigenvalue weighted by Gasteiger charge is -2.13. The SMILES string of the molecule is NC(CSc1ccc(Br)cc1)c1cccc(OC2CC2)c1. The zero-order valence-corrected chi connectivity index (χ0v) is 14.1. The summed E-state index contributed by atoms with van der Waals surface area (Å²) in [5, 5.41) is 0. The van der Waals surface area contributed by atoms with Crippen molar-refractivity contribution in [2.45, 2.75) is 29.9 Å². The van der Waals surface area contributed by atoms with Crippen molar-refractivity contribution in [3.63, 3.8) is 0 Å². The van der Waals surface area contributed by atoms with Crippen LogP contribution in [0.15, 0.2) is 57.9 Å². The number of ether oxygens (including phenoxy) is 1. The van der Waals surface area contributed by atoms with Crippen LogP contribution in [-0.4, -0.2) is 11.9 Å². The van der Waals surface area contributed by atoms with E-state index in [0.29, 0.717) is 6.10 Å². The highest BCUT2D eigenvalue weighted by Gasteiger charge is 2.23. The number of hydrogen-bond acceptors (Lipinski definition) is 3. The summed E-state index contributed by atoms with van der Waals surface area (Å²) in [6, 6.07) is 16.5.